The Kier molecular flexibility index (Phi) is 5.49. The molecule has 0 atom stereocenters. The van der Waals surface area contributed by atoms with Crippen LogP contribution in [0.5, 0.6) is 11.8 Å². The summed E-state index contributed by atoms with van der Waals surface area (Å²) in [4.78, 5) is 18.6. The summed E-state index contributed by atoms with van der Waals surface area (Å²) in [5, 5.41) is 1.19. The Morgan fingerprint density at radius 2 is 1.90 bits per heavy atom. The summed E-state index contributed by atoms with van der Waals surface area (Å²) >= 11 is 0. The van der Waals surface area contributed by atoms with Gasteiger partial charge in [0.05, 0.1) is 11.5 Å². The number of hydrogen-bond donors (Lipinski definition) is 3. The number of hydrogen-bond acceptors (Lipinski definition) is 6. The number of nitrogens with one attached hydrogen (secondary N) is 2. The molecule has 0 saturated carbocycles. The van der Waals surface area contributed by atoms with Crippen LogP contribution in [0, 0.1) is 0 Å². The molecule has 9 nitrogen and oxygen atoms in total. The second kappa shape index (κ2) is 8.25. The number of aromatic nitrogens is 2. The molecule has 0 saturated heterocycles. The van der Waals surface area contributed by atoms with E-state index in [-0.39, 0.29) is 23.2 Å². The number of primary amides is 1. The summed E-state index contributed by atoms with van der Waals surface area (Å²) in [6, 6.07) is 15.6. The molecule has 4 aromatic rings. The van der Waals surface area contributed by atoms with Crippen molar-refractivity contribution in [3.05, 3.63) is 60.2 Å². The Morgan fingerprint density at radius 1 is 1.13 bits per heavy atom. The van der Waals surface area contributed by atoms with Crippen molar-refractivity contribution in [2.75, 3.05) is 6.61 Å². The number of ether oxygens (including phenoxy) is 2. The first-order valence-electron chi connectivity index (χ1n) is 9.47. The number of rotatable bonds is 7. The van der Waals surface area contributed by atoms with Crippen molar-refractivity contribution in [1.29, 1.82) is 0 Å². The van der Waals surface area contributed by atoms with Crippen molar-refractivity contribution in [1.82, 2.24) is 14.7 Å². The van der Waals surface area contributed by atoms with E-state index in [0.29, 0.717) is 28.4 Å². The van der Waals surface area contributed by atoms with Crippen molar-refractivity contribution < 1.29 is 22.7 Å². The van der Waals surface area contributed by atoms with Gasteiger partial charge in [-0.05, 0) is 30.7 Å². The van der Waals surface area contributed by atoms with Gasteiger partial charge in [0.1, 0.15) is 5.52 Å². The number of aromatic amines is 1. The van der Waals surface area contributed by atoms with Crippen LogP contribution < -0.4 is 19.9 Å². The normalized spacial score (nSPS) is 11.6. The molecule has 0 aliphatic carbocycles. The first-order valence-corrected chi connectivity index (χ1v) is 11.0. The third kappa shape index (κ3) is 4.30. The minimum Gasteiger partial charge on any atom is -0.478 e. The molecule has 160 valence electrons. The predicted octanol–water partition coefficient (Wildman–Crippen LogP) is 3.05. The van der Waals surface area contributed by atoms with Gasteiger partial charge in [0.25, 0.3) is 5.88 Å². The van der Waals surface area contributed by atoms with Gasteiger partial charge in [-0.15, -0.1) is 0 Å². The fraction of sp³-hybridized carbons (Fsp3) is 0.143. The van der Waals surface area contributed by atoms with Crippen molar-refractivity contribution in [3.8, 4) is 11.8 Å². The summed E-state index contributed by atoms with van der Waals surface area (Å²) in [6.07, 6.45) is -1.02. The van der Waals surface area contributed by atoms with Gasteiger partial charge in [-0.2, -0.15) is 4.98 Å². The number of nitrogens with two attached hydrogens (primary N) is 1. The van der Waals surface area contributed by atoms with Crippen LogP contribution in [0.15, 0.2) is 59.5 Å². The summed E-state index contributed by atoms with van der Waals surface area (Å²) in [6.45, 7) is 2.31. The Hall–Kier alpha value is -3.63. The van der Waals surface area contributed by atoms with Crippen LogP contribution in [0.3, 0.4) is 0 Å². The topological polar surface area (TPSA) is 136 Å². The van der Waals surface area contributed by atoms with Gasteiger partial charge >= 0.3 is 6.09 Å². The van der Waals surface area contributed by atoms with Crippen LogP contribution in [-0.2, 0) is 16.6 Å². The van der Waals surface area contributed by atoms with E-state index in [4.69, 9.17) is 15.2 Å². The van der Waals surface area contributed by atoms with Gasteiger partial charge in [0, 0.05) is 28.9 Å². The average molecular weight is 440 g/mol. The number of benzene rings is 2. The van der Waals surface area contributed by atoms with Crippen molar-refractivity contribution in [3.63, 3.8) is 0 Å². The molecule has 0 aliphatic rings. The minimum absolute atomic E-state index is 0.0451. The van der Waals surface area contributed by atoms with Crippen LogP contribution in [0.2, 0.25) is 0 Å². The molecular weight excluding hydrogens is 420 g/mol. The van der Waals surface area contributed by atoms with Gasteiger partial charge in [-0.25, -0.2) is 17.9 Å². The molecular formula is C21H20N4O5S. The van der Waals surface area contributed by atoms with Gasteiger partial charge < -0.3 is 20.2 Å². The van der Waals surface area contributed by atoms with Crippen LogP contribution in [-0.4, -0.2) is 31.1 Å². The number of amides is 1. The molecule has 1 amide bonds. The fourth-order valence-corrected chi connectivity index (χ4v) is 4.28. The first-order chi connectivity index (χ1) is 14.9. The summed E-state index contributed by atoms with van der Waals surface area (Å²) in [7, 11) is -3.76. The molecule has 0 spiro atoms. The van der Waals surface area contributed by atoms with Gasteiger partial charge in [0.15, 0.2) is 0 Å². The molecule has 2 heterocycles. The predicted molar refractivity (Wildman–Crippen MR) is 115 cm³/mol. The number of pyridine rings is 1. The number of fused-ring (bicyclic) bond motifs is 3. The van der Waals surface area contributed by atoms with E-state index in [2.05, 4.69) is 14.7 Å². The van der Waals surface area contributed by atoms with E-state index in [0.717, 1.165) is 5.56 Å². The third-order valence-corrected chi connectivity index (χ3v) is 6.01. The molecule has 0 fully saturated rings. The number of H-pyrrole nitrogens is 1. The largest absolute Gasteiger partial charge is 0.478 e. The van der Waals surface area contributed by atoms with Gasteiger partial charge in [0.2, 0.25) is 15.9 Å². The quantitative estimate of drug-likeness (QED) is 0.404. The molecule has 31 heavy (non-hydrogen) atoms. The average Bonchev–Trinajstić information content (AvgIpc) is 3.11. The fourth-order valence-electron chi connectivity index (χ4n) is 3.24. The minimum atomic E-state index is -3.76. The van der Waals surface area contributed by atoms with Crippen molar-refractivity contribution >= 4 is 37.9 Å². The van der Waals surface area contributed by atoms with Gasteiger partial charge in [-0.1, -0.05) is 30.3 Å². The molecule has 0 unspecified atom stereocenters. The van der Waals surface area contributed by atoms with E-state index in [1.165, 1.54) is 6.07 Å². The molecule has 2 aromatic heterocycles. The van der Waals surface area contributed by atoms with Crippen molar-refractivity contribution in [2.45, 2.75) is 18.4 Å². The maximum Gasteiger partial charge on any atom is 0.411 e. The SMILES string of the molecule is CCOc1cc2c([nH]c3ccc(S(=O)(=O)NCc4ccccc4)cc32)c(OC(N)=O)n1. The first kappa shape index (κ1) is 20.6. The van der Waals surface area contributed by atoms with E-state index in [9.17, 15) is 13.2 Å². The number of carbonyl (C=O) groups is 1. The maximum atomic E-state index is 12.8. The van der Waals surface area contributed by atoms with E-state index < -0.39 is 16.1 Å². The van der Waals surface area contributed by atoms with Crippen LogP contribution in [0.25, 0.3) is 21.8 Å². The Balaban J connectivity index is 1.77. The zero-order chi connectivity index (χ0) is 22.0. The molecule has 10 heteroatoms. The Bertz CT molecular complexity index is 1370. The second-order valence-electron chi connectivity index (χ2n) is 6.68. The lowest BCUT2D eigenvalue weighted by Gasteiger charge is -2.08. The van der Waals surface area contributed by atoms with E-state index >= 15 is 0 Å². The lowest BCUT2D eigenvalue weighted by atomic mass is 10.2. The van der Waals surface area contributed by atoms with Crippen molar-refractivity contribution in [2.24, 2.45) is 5.73 Å². The van der Waals surface area contributed by atoms with Gasteiger partial charge in [-0.3, -0.25) is 0 Å². The lowest BCUT2D eigenvalue weighted by Crippen LogP contribution is -2.23. The molecule has 0 aliphatic heterocycles. The zero-order valence-corrected chi connectivity index (χ0v) is 17.4. The molecule has 0 bridgehead atoms. The number of sulfonamides is 1. The molecule has 2 aromatic carbocycles. The third-order valence-electron chi connectivity index (χ3n) is 4.61. The van der Waals surface area contributed by atoms with E-state index in [1.807, 2.05) is 30.3 Å². The molecule has 0 radical (unpaired) electrons. The Morgan fingerprint density at radius 3 is 2.61 bits per heavy atom. The van der Waals surface area contributed by atoms with Crippen LogP contribution >= 0.6 is 0 Å². The summed E-state index contributed by atoms with van der Waals surface area (Å²) in [5.74, 6) is 0.180. The smallest absolute Gasteiger partial charge is 0.411 e. The zero-order valence-electron chi connectivity index (χ0n) is 16.6. The summed E-state index contributed by atoms with van der Waals surface area (Å²) in [5.41, 5.74) is 7.05. The highest BCUT2D eigenvalue weighted by molar-refractivity contribution is 7.89. The highest BCUT2D eigenvalue weighted by atomic mass is 32.2. The monoisotopic (exact) mass is 440 g/mol. The van der Waals surface area contributed by atoms with Crippen LogP contribution in [0.4, 0.5) is 4.79 Å². The highest BCUT2D eigenvalue weighted by Gasteiger charge is 2.19. The summed E-state index contributed by atoms with van der Waals surface area (Å²) < 4.78 is 38.8. The molecule has 4 rings (SSSR count). The van der Waals surface area contributed by atoms with Crippen LogP contribution in [0.1, 0.15) is 12.5 Å². The maximum absolute atomic E-state index is 12.8. The Labute approximate surface area is 178 Å². The second-order valence-corrected chi connectivity index (χ2v) is 8.45. The number of nitrogens with zero attached hydrogens (tertiary/aromatic N) is 1. The number of carbonyl (C=O) groups excluding carboxylic acids is 1. The van der Waals surface area contributed by atoms with E-state index in [1.54, 1.807) is 25.1 Å². The molecule has 4 N–H and O–H groups in total. The standard InChI is InChI=1S/C21H20N4O5S/c1-2-29-18-11-16-15-10-14(31(27,28)23-12-13-6-4-3-5-7-13)8-9-17(15)24-19(16)20(25-18)30-21(22)26/h3-11,23-24H,2,12H2,1H3,(H2,22,26). The highest BCUT2D eigenvalue weighted by Crippen LogP contribution is 2.34. The lowest BCUT2D eigenvalue weighted by molar-refractivity contribution is 0.209.